The molecule has 2 unspecified atom stereocenters. The Kier molecular flexibility index (Phi) is 7.64. The van der Waals surface area contributed by atoms with Gasteiger partial charge in [0.1, 0.15) is 5.69 Å². The zero-order valence-electron chi connectivity index (χ0n) is 23.2. The average molecular weight is 558 g/mol. The van der Waals surface area contributed by atoms with Crippen molar-refractivity contribution < 1.29 is 23.5 Å². The fraction of sp³-hybridized carbons (Fsp3) is 0.607. The third kappa shape index (κ3) is 5.86. The van der Waals surface area contributed by atoms with Crippen LogP contribution in [0, 0.1) is 11.8 Å². The number of alkyl halides is 2. The molecule has 0 spiro atoms. The average Bonchev–Trinajstić information content (AvgIpc) is 3.54. The number of aliphatic hydroxyl groups is 1. The number of hydrogen-bond acceptors (Lipinski definition) is 6. The van der Waals surface area contributed by atoms with E-state index in [1.807, 2.05) is 6.92 Å². The van der Waals surface area contributed by atoms with Crippen LogP contribution in [0.4, 0.5) is 8.78 Å². The van der Waals surface area contributed by atoms with Crippen molar-refractivity contribution in [3.8, 4) is 0 Å². The van der Waals surface area contributed by atoms with E-state index in [2.05, 4.69) is 15.7 Å². The van der Waals surface area contributed by atoms with Gasteiger partial charge in [-0.3, -0.25) is 14.3 Å². The first kappa shape index (κ1) is 28.1. The van der Waals surface area contributed by atoms with Gasteiger partial charge in [0.05, 0.1) is 29.2 Å². The van der Waals surface area contributed by atoms with Gasteiger partial charge < -0.3 is 15.7 Å². The first-order chi connectivity index (χ1) is 18.9. The molecule has 0 aromatic carbocycles. The lowest BCUT2D eigenvalue weighted by Crippen LogP contribution is -2.38. The second-order valence-corrected chi connectivity index (χ2v) is 11.5. The van der Waals surface area contributed by atoms with Gasteiger partial charge in [0.2, 0.25) is 11.8 Å². The highest BCUT2D eigenvalue weighted by Gasteiger charge is 2.40. The molecule has 2 aliphatic rings. The summed E-state index contributed by atoms with van der Waals surface area (Å²) >= 11 is 0. The summed E-state index contributed by atoms with van der Waals surface area (Å²) < 4.78 is 31.2. The Morgan fingerprint density at radius 1 is 1.30 bits per heavy atom. The van der Waals surface area contributed by atoms with Crippen molar-refractivity contribution in [1.29, 1.82) is 0 Å². The Balaban J connectivity index is 1.51. The van der Waals surface area contributed by atoms with E-state index in [1.54, 1.807) is 47.6 Å². The number of carbonyl (C=O) groups is 2. The molecule has 1 aliphatic heterocycles. The van der Waals surface area contributed by atoms with E-state index >= 15 is 0 Å². The number of hydrogen-bond donors (Lipinski definition) is 3. The van der Waals surface area contributed by atoms with Crippen molar-refractivity contribution in [2.45, 2.75) is 89.8 Å². The summed E-state index contributed by atoms with van der Waals surface area (Å²) in [6.45, 7) is 6.38. The van der Waals surface area contributed by atoms with Gasteiger partial charge in [-0.15, -0.1) is 0 Å². The van der Waals surface area contributed by atoms with Crippen LogP contribution < -0.4 is 10.6 Å². The predicted octanol–water partition coefficient (Wildman–Crippen LogP) is 3.54. The summed E-state index contributed by atoms with van der Waals surface area (Å²) in [5, 5.41) is 25.8. The summed E-state index contributed by atoms with van der Waals surface area (Å²) in [4.78, 5) is 30.5. The molecule has 2 fully saturated rings. The van der Waals surface area contributed by atoms with E-state index in [9.17, 15) is 23.5 Å². The van der Waals surface area contributed by atoms with Gasteiger partial charge in [0.25, 0.3) is 5.91 Å². The fourth-order valence-corrected chi connectivity index (χ4v) is 5.89. The highest BCUT2D eigenvalue weighted by molar-refractivity contribution is 5.92. The number of halogens is 2. The molecular formula is C28H37F2N7O3. The SMILES string of the molecule is CCn1nccc1C(=O)NC(c1cn2nc(CC3CCCNC3=O)c(C(C)(C)O)cc2n1)C1CCC(F)(F)CC1. The molecule has 1 saturated heterocycles. The highest BCUT2D eigenvalue weighted by Crippen LogP contribution is 2.41. The third-order valence-electron chi connectivity index (χ3n) is 8.13. The molecule has 0 bridgehead atoms. The molecular weight excluding hydrogens is 520 g/mol. The van der Waals surface area contributed by atoms with Crippen molar-refractivity contribution in [2.24, 2.45) is 11.8 Å². The smallest absolute Gasteiger partial charge is 0.270 e. The minimum absolute atomic E-state index is 0.0237. The molecule has 2 atom stereocenters. The first-order valence-electron chi connectivity index (χ1n) is 14.1. The minimum atomic E-state index is -2.71. The monoisotopic (exact) mass is 557 g/mol. The lowest BCUT2D eigenvalue weighted by molar-refractivity contribution is -0.126. The van der Waals surface area contributed by atoms with E-state index < -0.39 is 17.6 Å². The molecule has 3 aromatic rings. The van der Waals surface area contributed by atoms with Crippen LogP contribution in [0.1, 0.15) is 92.8 Å². The molecule has 10 nitrogen and oxygen atoms in total. The number of rotatable bonds is 8. The zero-order valence-corrected chi connectivity index (χ0v) is 23.2. The standard InChI is InChI=1S/C28H37F2N7O3/c1-4-36-22(9-13-32-36)26(39)34-24(17-7-10-28(29,30)11-8-17)21-16-37-23(33-21)15-19(27(2,3)40)20(35-37)14-18-6-5-12-31-25(18)38/h9,13,15-18,24,40H,4-8,10-12,14H2,1-3H3,(H,31,38)(H,34,39). The maximum Gasteiger partial charge on any atom is 0.270 e. The maximum absolute atomic E-state index is 14.0. The Labute approximate surface area is 231 Å². The van der Waals surface area contributed by atoms with Crippen LogP contribution in [0.15, 0.2) is 24.5 Å². The van der Waals surface area contributed by atoms with Gasteiger partial charge in [0.15, 0.2) is 5.65 Å². The number of imidazole rings is 1. The number of carbonyl (C=O) groups excluding carboxylic acids is 2. The molecule has 1 saturated carbocycles. The van der Waals surface area contributed by atoms with Crippen molar-refractivity contribution in [2.75, 3.05) is 6.54 Å². The second-order valence-electron chi connectivity index (χ2n) is 11.5. The molecule has 1 aliphatic carbocycles. The number of nitrogens with one attached hydrogen (secondary N) is 2. The van der Waals surface area contributed by atoms with Gasteiger partial charge in [-0.1, -0.05) is 0 Å². The number of aromatic nitrogens is 5. The first-order valence-corrected chi connectivity index (χ1v) is 14.1. The third-order valence-corrected chi connectivity index (χ3v) is 8.13. The maximum atomic E-state index is 14.0. The van der Waals surface area contributed by atoms with Gasteiger partial charge in [-0.2, -0.15) is 10.2 Å². The summed E-state index contributed by atoms with van der Waals surface area (Å²) in [5.41, 5.74) is 1.28. The topological polar surface area (TPSA) is 126 Å². The van der Waals surface area contributed by atoms with Crippen LogP contribution in [-0.4, -0.2) is 53.8 Å². The molecule has 216 valence electrons. The molecule has 4 heterocycles. The number of fused-ring (bicyclic) bond motifs is 1. The van der Waals surface area contributed by atoms with Crippen molar-refractivity contribution >= 4 is 17.5 Å². The number of amides is 2. The van der Waals surface area contributed by atoms with Gasteiger partial charge in [-0.05, 0) is 64.5 Å². The van der Waals surface area contributed by atoms with Gasteiger partial charge in [0, 0.05) is 50.0 Å². The van der Waals surface area contributed by atoms with Crippen LogP contribution >= 0.6 is 0 Å². The summed E-state index contributed by atoms with van der Waals surface area (Å²) in [6.07, 6.45) is 5.22. The molecule has 5 rings (SSSR count). The van der Waals surface area contributed by atoms with E-state index in [0.717, 1.165) is 12.8 Å². The van der Waals surface area contributed by atoms with Crippen LogP contribution in [0.25, 0.3) is 5.65 Å². The van der Waals surface area contributed by atoms with Crippen LogP contribution in [0.3, 0.4) is 0 Å². The number of aryl methyl sites for hydroxylation is 1. The summed E-state index contributed by atoms with van der Waals surface area (Å²) in [5.74, 6) is -3.58. The largest absolute Gasteiger partial charge is 0.386 e. The van der Waals surface area contributed by atoms with Crippen LogP contribution in [0.5, 0.6) is 0 Å². The predicted molar refractivity (Wildman–Crippen MR) is 143 cm³/mol. The Hall–Kier alpha value is -3.41. The lowest BCUT2D eigenvalue weighted by atomic mass is 9.81. The lowest BCUT2D eigenvalue weighted by Gasteiger charge is -2.33. The van der Waals surface area contributed by atoms with Crippen LogP contribution in [0.2, 0.25) is 0 Å². The van der Waals surface area contributed by atoms with E-state index in [1.165, 1.54) is 0 Å². The number of piperidine rings is 1. The fourth-order valence-electron chi connectivity index (χ4n) is 5.89. The second kappa shape index (κ2) is 10.9. The van der Waals surface area contributed by atoms with Crippen LogP contribution in [-0.2, 0) is 23.4 Å². The molecule has 0 radical (unpaired) electrons. The van der Waals surface area contributed by atoms with E-state index in [4.69, 9.17) is 10.1 Å². The van der Waals surface area contributed by atoms with Gasteiger partial charge in [-0.25, -0.2) is 18.3 Å². The minimum Gasteiger partial charge on any atom is -0.386 e. The van der Waals surface area contributed by atoms with Gasteiger partial charge >= 0.3 is 0 Å². The quantitative estimate of drug-likeness (QED) is 0.389. The highest BCUT2D eigenvalue weighted by atomic mass is 19.3. The normalized spacial score (nSPS) is 20.9. The molecule has 40 heavy (non-hydrogen) atoms. The van der Waals surface area contributed by atoms with Crippen molar-refractivity contribution in [3.05, 3.63) is 47.2 Å². The Bertz CT molecular complexity index is 1380. The van der Waals surface area contributed by atoms with E-state index in [-0.39, 0.29) is 49.3 Å². The van der Waals surface area contributed by atoms with Crippen molar-refractivity contribution in [3.63, 3.8) is 0 Å². The zero-order chi connectivity index (χ0) is 28.7. The summed E-state index contributed by atoms with van der Waals surface area (Å²) in [7, 11) is 0. The molecule has 3 aromatic heterocycles. The van der Waals surface area contributed by atoms with Crippen molar-refractivity contribution in [1.82, 2.24) is 35.0 Å². The summed E-state index contributed by atoms with van der Waals surface area (Å²) in [6, 6.07) is 2.76. The molecule has 2 amide bonds. The number of nitrogens with zero attached hydrogens (tertiary/aromatic N) is 5. The molecule has 3 N–H and O–H groups in total. The van der Waals surface area contributed by atoms with E-state index in [0.29, 0.717) is 47.8 Å². The molecule has 12 heteroatoms. The Morgan fingerprint density at radius 3 is 2.73 bits per heavy atom. The Morgan fingerprint density at radius 2 is 2.05 bits per heavy atom.